The van der Waals surface area contributed by atoms with Crippen molar-refractivity contribution in [1.82, 2.24) is 14.9 Å². The van der Waals surface area contributed by atoms with Gasteiger partial charge in [-0.25, -0.2) is 14.4 Å². The van der Waals surface area contributed by atoms with E-state index in [1.807, 2.05) is 36.9 Å². The molecule has 2 aromatic carbocycles. The quantitative estimate of drug-likeness (QED) is 0.533. The molecule has 6 nitrogen and oxygen atoms in total. The minimum atomic E-state index is -0.418. The lowest BCUT2D eigenvalue weighted by Gasteiger charge is -2.28. The molecule has 1 fully saturated rings. The van der Waals surface area contributed by atoms with Gasteiger partial charge in [0.15, 0.2) is 0 Å². The summed E-state index contributed by atoms with van der Waals surface area (Å²) < 4.78 is 20.2. The van der Waals surface area contributed by atoms with Crippen LogP contribution >= 0.6 is 0 Å². The van der Waals surface area contributed by atoms with Gasteiger partial charge < -0.3 is 14.5 Å². The van der Waals surface area contributed by atoms with Gasteiger partial charge in [0, 0.05) is 37.9 Å². The lowest BCUT2D eigenvalue weighted by Crippen LogP contribution is -2.38. The third-order valence-corrected chi connectivity index (χ3v) is 5.67. The van der Waals surface area contributed by atoms with Crippen molar-refractivity contribution in [2.24, 2.45) is 0 Å². The second-order valence-electron chi connectivity index (χ2n) is 8.23. The molecule has 172 valence electrons. The number of ether oxygens (including phenoxy) is 1. The second kappa shape index (κ2) is 10.5. The highest BCUT2D eigenvalue weighted by Crippen LogP contribution is 2.28. The third-order valence-electron chi connectivity index (χ3n) is 5.67. The third kappa shape index (κ3) is 5.37. The van der Waals surface area contributed by atoms with E-state index in [1.165, 1.54) is 6.07 Å². The van der Waals surface area contributed by atoms with E-state index in [-0.39, 0.29) is 5.91 Å². The van der Waals surface area contributed by atoms with Gasteiger partial charge in [-0.15, -0.1) is 0 Å². The fraction of sp³-hybridized carbons (Fsp3) is 0.346. The molecule has 0 spiro atoms. The highest BCUT2D eigenvalue weighted by molar-refractivity contribution is 6.00. The summed E-state index contributed by atoms with van der Waals surface area (Å²) in [7, 11) is 0. The topological polar surface area (TPSA) is 58.6 Å². The fourth-order valence-electron chi connectivity index (χ4n) is 4.03. The molecule has 0 bridgehead atoms. The van der Waals surface area contributed by atoms with E-state index < -0.39 is 5.82 Å². The van der Waals surface area contributed by atoms with Crippen LogP contribution in [-0.4, -0.2) is 53.6 Å². The first-order valence-electron chi connectivity index (χ1n) is 11.4. The molecule has 0 unspecified atom stereocenters. The van der Waals surface area contributed by atoms with Crippen molar-refractivity contribution < 1.29 is 13.9 Å². The van der Waals surface area contributed by atoms with Gasteiger partial charge in [0.05, 0.1) is 24.5 Å². The summed E-state index contributed by atoms with van der Waals surface area (Å²) in [6.45, 7) is 7.58. The maximum atomic E-state index is 14.8. The smallest absolute Gasteiger partial charge is 0.257 e. The molecule has 33 heavy (non-hydrogen) atoms. The first-order valence-corrected chi connectivity index (χ1v) is 11.4. The first kappa shape index (κ1) is 22.9. The second-order valence-corrected chi connectivity index (χ2v) is 8.23. The Morgan fingerprint density at radius 1 is 1.15 bits per heavy atom. The number of carbonyl (C=O) groups is 1. The minimum absolute atomic E-state index is 0.204. The highest BCUT2D eigenvalue weighted by atomic mass is 19.1. The van der Waals surface area contributed by atoms with Crippen molar-refractivity contribution >= 4 is 11.9 Å². The number of aryl methyl sites for hydroxylation is 1. The standard InChI is InChI=1S/C26H29FN4O2/c1-3-11-31(18-20-8-6-7-19(2)16-20)25(32)22-17-28-26(30-12-14-33-15-13-30)29-24(22)21-9-4-5-10-23(21)27/h4-10,16-17H,3,11-15,18H2,1-2H3. The molecule has 1 amide bonds. The summed E-state index contributed by atoms with van der Waals surface area (Å²) in [5.74, 6) is -0.141. The SMILES string of the molecule is CCCN(Cc1cccc(C)c1)C(=O)c1cnc(N2CCOCC2)nc1-c1ccccc1F. The van der Waals surface area contributed by atoms with Gasteiger partial charge in [-0.1, -0.05) is 48.9 Å². The van der Waals surface area contributed by atoms with Gasteiger partial charge in [0.2, 0.25) is 5.95 Å². The van der Waals surface area contributed by atoms with E-state index in [9.17, 15) is 9.18 Å². The van der Waals surface area contributed by atoms with E-state index in [1.54, 1.807) is 29.3 Å². The van der Waals surface area contributed by atoms with Crippen LogP contribution in [0.5, 0.6) is 0 Å². The van der Waals surface area contributed by atoms with E-state index in [0.717, 1.165) is 17.5 Å². The Morgan fingerprint density at radius 3 is 2.67 bits per heavy atom. The van der Waals surface area contributed by atoms with Gasteiger partial charge in [-0.05, 0) is 31.0 Å². The van der Waals surface area contributed by atoms with Crippen molar-refractivity contribution in [1.29, 1.82) is 0 Å². The summed E-state index contributed by atoms with van der Waals surface area (Å²) in [6.07, 6.45) is 2.35. The van der Waals surface area contributed by atoms with Gasteiger partial charge in [0.25, 0.3) is 5.91 Å². The zero-order valence-corrected chi connectivity index (χ0v) is 19.1. The average Bonchev–Trinajstić information content (AvgIpc) is 2.84. The molecule has 4 rings (SSSR count). The molecule has 0 radical (unpaired) electrons. The number of halogens is 1. The molecule has 1 aliphatic rings. The molecule has 0 N–H and O–H groups in total. The van der Waals surface area contributed by atoms with E-state index in [0.29, 0.717) is 62.2 Å². The predicted molar refractivity (Wildman–Crippen MR) is 127 cm³/mol. The van der Waals surface area contributed by atoms with E-state index >= 15 is 0 Å². The van der Waals surface area contributed by atoms with Crippen molar-refractivity contribution in [2.45, 2.75) is 26.8 Å². The Labute approximate surface area is 194 Å². The van der Waals surface area contributed by atoms with Crippen LogP contribution in [0, 0.1) is 12.7 Å². The Morgan fingerprint density at radius 2 is 1.94 bits per heavy atom. The molecule has 1 aliphatic heterocycles. The number of hydrogen-bond donors (Lipinski definition) is 0. The molecule has 2 heterocycles. The average molecular weight is 449 g/mol. The van der Waals surface area contributed by atoms with Crippen LogP contribution in [0.25, 0.3) is 11.3 Å². The summed E-state index contributed by atoms with van der Waals surface area (Å²) >= 11 is 0. The molecule has 0 atom stereocenters. The number of carbonyl (C=O) groups excluding carboxylic acids is 1. The largest absolute Gasteiger partial charge is 0.378 e. The number of hydrogen-bond acceptors (Lipinski definition) is 5. The van der Waals surface area contributed by atoms with E-state index in [2.05, 4.69) is 16.0 Å². The van der Waals surface area contributed by atoms with Crippen LogP contribution in [-0.2, 0) is 11.3 Å². The number of amides is 1. The number of rotatable bonds is 7. The van der Waals surface area contributed by atoms with Gasteiger partial charge >= 0.3 is 0 Å². The molecule has 7 heteroatoms. The van der Waals surface area contributed by atoms with Crippen LogP contribution in [0.1, 0.15) is 34.8 Å². The van der Waals surface area contributed by atoms with Crippen molar-refractivity contribution in [3.8, 4) is 11.3 Å². The maximum Gasteiger partial charge on any atom is 0.257 e. The van der Waals surface area contributed by atoms with Crippen LogP contribution < -0.4 is 4.90 Å². The number of aromatic nitrogens is 2. The summed E-state index contributed by atoms with van der Waals surface area (Å²) in [4.78, 5) is 26.7. The Bertz CT molecular complexity index is 1110. The fourth-order valence-corrected chi connectivity index (χ4v) is 4.03. The lowest BCUT2D eigenvalue weighted by molar-refractivity contribution is 0.0743. The zero-order valence-electron chi connectivity index (χ0n) is 19.1. The highest BCUT2D eigenvalue weighted by Gasteiger charge is 2.25. The molecular weight excluding hydrogens is 419 g/mol. The monoisotopic (exact) mass is 448 g/mol. The molecule has 0 aliphatic carbocycles. The van der Waals surface area contributed by atoms with Crippen LogP contribution in [0.2, 0.25) is 0 Å². The number of anilines is 1. The predicted octanol–water partition coefficient (Wildman–Crippen LogP) is 4.48. The minimum Gasteiger partial charge on any atom is -0.378 e. The molecule has 0 saturated carbocycles. The Balaban J connectivity index is 1.73. The van der Waals surface area contributed by atoms with Gasteiger partial charge in [0.1, 0.15) is 5.82 Å². The maximum absolute atomic E-state index is 14.8. The lowest BCUT2D eigenvalue weighted by atomic mass is 10.0. The normalized spacial score (nSPS) is 13.7. The van der Waals surface area contributed by atoms with Crippen LogP contribution in [0.15, 0.2) is 54.7 Å². The van der Waals surface area contributed by atoms with Crippen molar-refractivity contribution in [3.05, 3.63) is 77.2 Å². The molecule has 1 saturated heterocycles. The van der Waals surface area contributed by atoms with Gasteiger partial charge in [-0.3, -0.25) is 4.79 Å². The van der Waals surface area contributed by atoms with Crippen LogP contribution in [0.4, 0.5) is 10.3 Å². The first-order chi connectivity index (χ1) is 16.1. The van der Waals surface area contributed by atoms with Gasteiger partial charge in [-0.2, -0.15) is 0 Å². The van der Waals surface area contributed by atoms with Crippen molar-refractivity contribution in [3.63, 3.8) is 0 Å². The van der Waals surface area contributed by atoms with Crippen molar-refractivity contribution in [2.75, 3.05) is 37.7 Å². The Hall–Kier alpha value is -3.32. The zero-order chi connectivity index (χ0) is 23.2. The Kier molecular flexibility index (Phi) is 7.29. The number of morpholine rings is 1. The molecular formula is C26H29FN4O2. The number of nitrogens with zero attached hydrogens (tertiary/aromatic N) is 4. The summed E-state index contributed by atoms with van der Waals surface area (Å²) in [5.41, 5.74) is 3.11. The molecule has 3 aromatic rings. The van der Waals surface area contributed by atoms with Crippen LogP contribution in [0.3, 0.4) is 0 Å². The summed E-state index contributed by atoms with van der Waals surface area (Å²) in [5, 5.41) is 0. The number of benzene rings is 2. The molecule has 1 aromatic heterocycles. The van der Waals surface area contributed by atoms with E-state index in [4.69, 9.17) is 4.74 Å². The summed E-state index contributed by atoms with van der Waals surface area (Å²) in [6, 6.07) is 14.5.